The van der Waals surface area contributed by atoms with Gasteiger partial charge >= 0.3 is 0 Å². The van der Waals surface area contributed by atoms with Crippen molar-refractivity contribution in [3.63, 3.8) is 0 Å². The second-order valence-corrected chi connectivity index (χ2v) is 12.6. The first kappa shape index (κ1) is 37.2. The van der Waals surface area contributed by atoms with E-state index in [9.17, 15) is 29.0 Å². The Labute approximate surface area is 287 Å². The number of amides is 2. The number of para-hydroxylation sites is 1. The number of nitrogens with zero attached hydrogens (tertiary/aromatic N) is 1. The Kier molecular flexibility index (Phi) is 13.8. The van der Waals surface area contributed by atoms with E-state index >= 15 is 0 Å². The molecule has 0 radical (unpaired) electrons. The number of unbranched alkanes of at least 4 members (excludes halogenated alkanes) is 1. The highest BCUT2D eigenvalue weighted by molar-refractivity contribution is 6.12. The highest BCUT2D eigenvalue weighted by atomic mass is 19.1. The van der Waals surface area contributed by atoms with E-state index < -0.39 is 30.0 Å². The summed E-state index contributed by atoms with van der Waals surface area (Å²) in [7, 11) is 0. The fourth-order valence-electron chi connectivity index (χ4n) is 6.16. The normalized spacial score (nSPS) is 13.1. The van der Waals surface area contributed by atoms with Crippen LogP contribution in [-0.2, 0) is 16.1 Å². The molecule has 6 N–H and O–H groups in total. The number of halogens is 1. The summed E-state index contributed by atoms with van der Waals surface area (Å²) in [5.41, 5.74) is 10.3. The number of hydrogen-bond acceptors (Lipinski definition) is 6. The molecule has 0 spiro atoms. The van der Waals surface area contributed by atoms with Crippen molar-refractivity contribution in [1.82, 2.24) is 9.88 Å². The number of aldehydes is 1. The predicted molar refractivity (Wildman–Crippen MR) is 191 cm³/mol. The molecule has 10 heteroatoms. The summed E-state index contributed by atoms with van der Waals surface area (Å²) in [5, 5.41) is 27.4. The van der Waals surface area contributed by atoms with Crippen molar-refractivity contribution in [2.45, 2.75) is 83.1 Å². The van der Waals surface area contributed by atoms with E-state index in [1.54, 1.807) is 12.1 Å². The molecule has 3 aromatic carbocycles. The van der Waals surface area contributed by atoms with Gasteiger partial charge in [-0.25, -0.2) is 4.39 Å². The second-order valence-electron chi connectivity index (χ2n) is 12.6. The van der Waals surface area contributed by atoms with E-state index in [4.69, 9.17) is 5.73 Å². The molecular weight excluding hydrogens is 623 g/mol. The van der Waals surface area contributed by atoms with Gasteiger partial charge in [-0.1, -0.05) is 62.4 Å². The number of nitrogens with two attached hydrogens (primary N) is 1. The number of aliphatic hydroxyl groups excluding tert-OH is 2. The standard InChI is InChI=1S/C39H47FN4O5/c1-26(2)37-36(39(49)43-30-13-7-4-8-14-30)35(27-11-5-3-6-12-27)38(28-16-18-29(40)19-17-28)44(37)22-20-32(46)23-33(47)24-34(48)42-31(25-45)15-9-10-21-41/h3-8,11-14,16-19,25-26,31-33,46-47H,9-10,15,20-24,41H2,1-2H3,(H,42,48)(H,43,49)/t31?,32-,33-/m1/s1. The van der Waals surface area contributed by atoms with Gasteiger partial charge in [-0.15, -0.1) is 0 Å². The van der Waals surface area contributed by atoms with Gasteiger partial charge in [0.1, 0.15) is 12.1 Å². The molecule has 49 heavy (non-hydrogen) atoms. The smallest absolute Gasteiger partial charge is 0.258 e. The van der Waals surface area contributed by atoms with Crippen LogP contribution < -0.4 is 16.4 Å². The fourth-order valence-corrected chi connectivity index (χ4v) is 6.16. The van der Waals surface area contributed by atoms with Crippen LogP contribution in [0.25, 0.3) is 22.4 Å². The van der Waals surface area contributed by atoms with Gasteiger partial charge in [-0.3, -0.25) is 9.59 Å². The number of benzene rings is 3. The van der Waals surface area contributed by atoms with Gasteiger partial charge in [0.15, 0.2) is 0 Å². The highest BCUT2D eigenvalue weighted by Crippen LogP contribution is 2.42. The number of hydrogen-bond donors (Lipinski definition) is 5. The molecule has 260 valence electrons. The molecule has 0 fully saturated rings. The van der Waals surface area contributed by atoms with Gasteiger partial charge < -0.3 is 35.9 Å². The Bertz CT molecular complexity index is 1660. The molecule has 4 rings (SSSR count). The lowest BCUT2D eigenvalue weighted by atomic mass is 9.94. The maximum atomic E-state index is 14.2. The van der Waals surface area contributed by atoms with Crippen molar-refractivity contribution in [3.8, 4) is 22.4 Å². The van der Waals surface area contributed by atoms with Crippen LogP contribution in [0.5, 0.6) is 0 Å². The Hall–Kier alpha value is -4.64. The van der Waals surface area contributed by atoms with Gasteiger partial charge in [0.05, 0.1) is 35.9 Å². The van der Waals surface area contributed by atoms with Crippen LogP contribution in [0.2, 0.25) is 0 Å². The number of nitrogens with one attached hydrogen (secondary N) is 2. The van der Waals surface area contributed by atoms with Crippen LogP contribution in [0.4, 0.5) is 10.1 Å². The molecule has 4 aromatic rings. The number of aliphatic hydroxyl groups is 2. The molecule has 2 amide bonds. The molecule has 0 saturated carbocycles. The Balaban J connectivity index is 1.66. The largest absolute Gasteiger partial charge is 0.393 e. The second kappa shape index (κ2) is 18.2. The van der Waals surface area contributed by atoms with Crippen molar-refractivity contribution in [3.05, 3.63) is 102 Å². The van der Waals surface area contributed by atoms with Gasteiger partial charge in [-0.05, 0) is 92.1 Å². The third kappa shape index (κ3) is 10.2. The van der Waals surface area contributed by atoms with E-state index in [1.807, 2.05) is 79.1 Å². The highest BCUT2D eigenvalue weighted by Gasteiger charge is 2.31. The van der Waals surface area contributed by atoms with Crippen LogP contribution in [-0.4, -0.2) is 57.7 Å². The topological polar surface area (TPSA) is 147 Å². The maximum Gasteiger partial charge on any atom is 0.258 e. The van der Waals surface area contributed by atoms with E-state index in [0.717, 1.165) is 17.7 Å². The molecular formula is C39H47FN4O5. The number of rotatable bonds is 18. The van der Waals surface area contributed by atoms with Crippen LogP contribution in [0.3, 0.4) is 0 Å². The first-order chi connectivity index (χ1) is 23.6. The number of carbonyl (C=O) groups excluding carboxylic acids is 3. The first-order valence-electron chi connectivity index (χ1n) is 16.9. The molecule has 1 aromatic heterocycles. The Morgan fingerprint density at radius 3 is 2.14 bits per heavy atom. The predicted octanol–water partition coefficient (Wildman–Crippen LogP) is 6.04. The van der Waals surface area contributed by atoms with Crippen molar-refractivity contribution in [1.29, 1.82) is 0 Å². The molecule has 0 aliphatic rings. The molecule has 0 saturated heterocycles. The Morgan fingerprint density at radius 2 is 1.53 bits per heavy atom. The third-order valence-electron chi connectivity index (χ3n) is 8.42. The van der Waals surface area contributed by atoms with Crippen LogP contribution in [0, 0.1) is 5.82 Å². The average molecular weight is 671 g/mol. The molecule has 3 atom stereocenters. The monoisotopic (exact) mass is 670 g/mol. The Morgan fingerprint density at radius 1 is 0.878 bits per heavy atom. The zero-order valence-electron chi connectivity index (χ0n) is 28.1. The van der Waals surface area contributed by atoms with Crippen molar-refractivity contribution in [2.75, 3.05) is 11.9 Å². The van der Waals surface area contributed by atoms with Gasteiger partial charge in [-0.2, -0.15) is 0 Å². The van der Waals surface area contributed by atoms with Crippen molar-refractivity contribution < 1.29 is 29.0 Å². The number of aromatic nitrogens is 1. The summed E-state index contributed by atoms with van der Waals surface area (Å²) in [6, 6.07) is 24.2. The van der Waals surface area contributed by atoms with Crippen LogP contribution in [0.15, 0.2) is 84.9 Å². The molecule has 0 aliphatic heterocycles. The quantitative estimate of drug-likeness (QED) is 0.0645. The number of anilines is 1. The molecule has 1 heterocycles. The summed E-state index contributed by atoms with van der Waals surface area (Å²) >= 11 is 0. The zero-order chi connectivity index (χ0) is 35.3. The summed E-state index contributed by atoms with van der Waals surface area (Å²) in [6.07, 6.45) is 0.327. The zero-order valence-corrected chi connectivity index (χ0v) is 28.1. The van der Waals surface area contributed by atoms with E-state index in [1.165, 1.54) is 12.1 Å². The first-order valence-corrected chi connectivity index (χ1v) is 16.9. The van der Waals surface area contributed by atoms with E-state index in [-0.39, 0.29) is 37.6 Å². The minimum Gasteiger partial charge on any atom is -0.393 e. The van der Waals surface area contributed by atoms with Crippen LogP contribution >= 0.6 is 0 Å². The van der Waals surface area contributed by atoms with Crippen molar-refractivity contribution >= 4 is 23.8 Å². The van der Waals surface area contributed by atoms with E-state index in [2.05, 4.69) is 10.6 Å². The number of carbonyl (C=O) groups is 3. The maximum absolute atomic E-state index is 14.2. The third-order valence-corrected chi connectivity index (χ3v) is 8.42. The minimum atomic E-state index is -1.13. The lowest BCUT2D eigenvalue weighted by Gasteiger charge is -2.21. The van der Waals surface area contributed by atoms with E-state index in [0.29, 0.717) is 53.7 Å². The molecule has 0 aliphatic carbocycles. The summed E-state index contributed by atoms with van der Waals surface area (Å²) in [6.45, 7) is 4.76. The fraction of sp³-hybridized carbons (Fsp3) is 0.359. The average Bonchev–Trinajstić information content (AvgIpc) is 3.43. The lowest BCUT2D eigenvalue weighted by Crippen LogP contribution is -2.38. The molecule has 1 unspecified atom stereocenters. The summed E-state index contributed by atoms with van der Waals surface area (Å²) in [4.78, 5) is 38.1. The van der Waals surface area contributed by atoms with Gasteiger partial charge in [0, 0.05) is 23.5 Å². The molecule has 9 nitrogen and oxygen atoms in total. The lowest BCUT2D eigenvalue weighted by molar-refractivity contribution is -0.126. The molecule has 0 bridgehead atoms. The summed E-state index contributed by atoms with van der Waals surface area (Å²) < 4.78 is 16.2. The SMILES string of the molecule is CC(C)c1c(C(=O)Nc2ccccc2)c(-c2ccccc2)c(-c2ccc(F)cc2)n1CC[C@@H](O)C[C@@H](O)CC(=O)NC(C=O)CCCCN. The minimum absolute atomic E-state index is 0.0661. The van der Waals surface area contributed by atoms with Crippen LogP contribution in [0.1, 0.15) is 74.3 Å². The van der Waals surface area contributed by atoms with Crippen molar-refractivity contribution in [2.24, 2.45) is 5.73 Å². The van der Waals surface area contributed by atoms with Gasteiger partial charge in [0.25, 0.3) is 5.91 Å². The summed E-state index contributed by atoms with van der Waals surface area (Å²) in [5.74, 6) is -1.29. The van der Waals surface area contributed by atoms with Gasteiger partial charge in [0.2, 0.25) is 5.91 Å².